The van der Waals surface area contributed by atoms with Gasteiger partial charge in [-0.05, 0) is 57.3 Å². The molecule has 0 bridgehead atoms. The third-order valence-electron chi connectivity index (χ3n) is 4.40. The predicted octanol–water partition coefficient (Wildman–Crippen LogP) is 3.60. The second-order valence-corrected chi connectivity index (χ2v) is 6.30. The zero-order chi connectivity index (χ0) is 14.4. The summed E-state index contributed by atoms with van der Waals surface area (Å²) in [5, 5.41) is 3.62. The molecule has 1 aliphatic carbocycles. The van der Waals surface area contributed by atoms with E-state index in [0.29, 0.717) is 6.04 Å². The summed E-state index contributed by atoms with van der Waals surface area (Å²) in [6.45, 7) is 6.79. The Hall–Kier alpha value is -0.860. The molecule has 0 aromatic heterocycles. The smallest absolute Gasteiger partial charge is 0.0236 e. The number of nitrogens with zero attached hydrogens (tertiary/aromatic N) is 1. The van der Waals surface area contributed by atoms with Crippen LogP contribution in [0, 0.1) is 0 Å². The standard InChI is InChI=1S/C18H30N2/c1-4-7-15(2)20(3)14-17-9-6-5-8-16(17)12-13-19-18-10-11-18/h5-6,8-9,15,18-19H,4,7,10-14H2,1-3H3. The SMILES string of the molecule is CCCC(C)N(C)Cc1ccccc1CCNC1CC1. The summed E-state index contributed by atoms with van der Waals surface area (Å²) in [4.78, 5) is 2.48. The lowest BCUT2D eigenvalue weighted by Gasteiger charge is -2.25. The highest BCUT2D eigenvalue weighted by atomic mass is 15.1. The molecule has 2 nitrogen and oxygen atoms in total. The highest BCUT2D eigenvalue weighted by Gasteiger charge is 2.19. The Morgan fingerprint density at radius 3 is 2.60 bits per heavy atom. The predicted molar refractivity (Wildman–Crippen MR) is 87.0 cm³/mol. The van der Waals surface area contributed by atoms with Crippen LogP contribution in [0.3, 0.4) is 0 Å². The number of hydrogen-bond acceptors (Lipinski definition) is 2. The van der Waals surface area contributed by atoms with Gasteiger partial charge < -0.3 is 5.32 Å². The van der Waals surface area contributed by atoms with E-state index in [4.69, 9.17) is 0 Å². The quantitative estimate of drug-likeness (QED) is 0.740. The average molecular weight is 274 g/mol. The van der Waals surface area contributed by atoms with E-state index in [9.17, 15) is 0 Å². The molecule has 0 aliphatic heterocycles. The summed E-state index contributed by atoms with van der Waals surface area (Å²) in [5.41, 5.74) is 3.01. The van der Waals surface area contributed by atoms with Gasteiger partial charge in [0.05, 0.1) is 0 Å². The van der Waals surface area contributed by atoms with Crippen molar-refractivity contribution in [3.05, 3.63) is 35.4 Å². The maximum absolute atomic E-state index is 3.62. The zero-order valence-electron chi connectivity index (χ0n) is 13.4. The van der Waals surface area contributed by atoms with Crippen molar-refractivity contribution in [2.75, 3.05) is 13.6 Å². The van der Waals surface area contributed by atoms with Gasteiger partial charge in [0.15, 0.2) is 0 Å². The number of nitrogens with one attached hydrogen (secondary N) is 1. The van der Waals surface area contributed by atoms with Crippen molar-refractivity contribution in [1.82, 2.24) is 10.2 Å². The van der Waals surface area contributed by atoms with Crippen molar-refractivity contribution in [1.29, 1.82) is 0 Å². The fraction of sp³-hybridized carbons (Fsp3) is 0.667. The molecule has 1 aromatic carbocycles. The van der Waals surface area contributed by atoms with Gasteiger partial charge in [-0.25, -0.2) is 0 Å². The molecule has 1 saturated carbocycles. The van der Waals surface area contributed by atoms with Gasteiger partial charge in [-0.15, -0.1) is 0 Å². The summed E-state index contributed by atoms with van der Waals surface area (Å²) in [6.07, 6.45) is 6.45. The Labute approximate surface area is 124 Å². The fourth-order valence-electron chi connectivity index (χ4n) is 2.72. The first-order valence-corrected chi connectivity index (χ1v) is 8.21. The molecule has 1 unspecified atom stereocenters. The van der Waals surface area contributed by atoms with E-state index in [0.717, 1.165) is 25.6 Å². The molecule has 1 N–H and O–H groups in total. The van der Waals surface area contributed by atoms with E-state index < -0.39 is 0 Å². The summed E-state index contributed by atoms with van der Waals surface area (Å²) in [6, 6.07) is 10.4. The van der Waals surface area contributed by atoms with Crippen LogP contribution in [0.5, 0.6) is 0 Å². The normalized spacial score (nSPS) is 16.6. The van der Waals surface area contributed by atoms with Crippen molar-refractivity contribution in [3.63, 3.8) is 0 Å². The van der Waals surface area contributed by atoms with Crippen molar-refractivity contribution in [2.45, 2.75) is 64.6 Å². The first-order valence-electron chi connectivity index (χ1n) is 8.21. The molecular formula is C18H30N2. The molecule has 0 heterocycles. The number of benzene rings is 1. The summed E-state index contributed by atoms with van der Waals surface area (Å²) < 4.78 is 0. The molecule has 20 heavy (non-hydrogen) atoms. The molecule has 0 radical (unpaired) electrons. The maximum Gasteiger partial charge on any atom is 0.0236 e. The minimum Gasteiger partial charge on any atom is -0.314 e. The van der Waals surface area contributed by atoms with Gasteiger partial charge in [0.25, 0.3) is 0 Å². The Morgan fingerprint density at radius 2 is 1.95 bits per heavy atom. The summed E-state index contributed by atoms with van der Waals surface area (Å²) >= 11 is 0. The molecule has 1 aromatic rings. The van der Waals surface area contributed by atoms with Crippen LogP contribution in [0.2, 0.25) is 0 Å². The fourth-order valence-corrected chi connectivity index (χ4v) is 2.72. The molecule has 2 heteroatoms. The molecule has 2 rings (SSSR count). The van der Waals surface area contributed by atoms with Gasteiger partial charge in [0.2, 0.25) is 0 Å². The Morgan fingerprint density at radius 1 is 1.25 bits per heavy atom. The lowest BCUT2D eigenvalue weighted by atomic mass is 10.0. The molecule has 1 atom stereocenters. The largest absolute Gasteiger partial charge is 0.314 e. The third-order valence-corrected chi connectivity index (χ3v) is 4.40. The van der Waals surface area contributed by atoms with Crippen LogP contribution < -0.4 is 5.32 Å². The lowest BCUT2D eigenvalue weighted by molar-refractivity contribution is 0.236. The molecule has 0 saturated heterocycles. The minimum atomic E-state index is 0.664. The molecule has 1 fully saturated rings. The Bertz CT molecular complexity index is 398. The van der Waals surface area contributed by atoms with E-state index in [1.807, 2.05) is 0 Å². The van der Waals surface area contributed by atoms with Crippen molar-refractivity contribution < 1.29 is 0 Å². The van der Waals surface area contributed by atoms with E-state index in [1.54, 1.807) is 0 Å². The van der Waals surface area contributed by atoms with Gasteiger partial charge in [-0.2, -0.15) is 0 Å². The van der Waals surface area contributed by atoms with E-state index in [1.165, 1.54) is 36.8 Å². The van der Waals surface area contributed by atoms with Gasteiger partial charge in [-0.3, -0.25) is 4.90 Å². The van der Waals surface area contributed by atoms with Gasteiger partial charge in [0.1, 0.15) is 0 Å². The van der Waals surface area contributed by atoms with Crippen molar-refractivity contribution >= 4 is 0 Å². The van der Waals surface area contributed by atoms with E-state index in [-0.39, 0.29) is 0 Å². The second-order valence-electron chi connectivity index (χ2n) is 6.30. The first-order chi connectivity index (χ1) is 9.70. The molecular weight excluding hydrogens is 244 g/mol. The van der Waals surface area contributed by atoms with Crippen molar-refractivity contribution in [3.8, 4) is 0 Å². The van der Waals surface area contributed by atoms with Crippen LogP contribution in [0.15, 0.2) is 24.3 Å². The van der Waals surface area contributed by atoms with Crippen LogP contribution in [-0.4, -0.2) is 30.6 Å². The van der Waals surface area contributed by atoms with Crippen LogP contribution in [0.4, 0.5) is 0 Å². The van der Waals surface area contributed by atoms with Crippen LogP contribution in [0.1, 0.15) is 50.7 Å². The van der Waals surface area contributed by atoms with E-state index in [2.05, 4.69) is 55.4 Å². The zero-order valence-corrected chi connectivity index (χ0v) is 13.4. The minimum absolute atomic E-state index is 0.664. The first kappa shape index (κ1) is 15.5. The van der Waals surface area contributed by atoms with Gasteiger partial charge in [-0.1, -0.05) is 37.6 Å². The van der Waals surface area contributed by atoms with Crippen LogP contribution >= 0.6 is 0 Å². The van der Waals surface area contributed by atoms with Crippen molar-refractivity contribution in [2.24, 2.45) is 0 Å². The number of hydrogen-bond donors (Lipinski definition) is 1. The molecule has 112 valence electrons. The topological polar surface area (TPSA) is 15.3 Å². The monoisotopic (exact) mass is 274 g/mol. The van der Waals surface area contributed by atoms with Crippen LogP contribution in [-0.2, 0) is 13.0 Å². The lowest BCUT2D eigenvalue weighted by Crippen LogP contribution is -2.29. The highest BCUT2D eigenvalue weighted by molar-refractivity contribution is 5.27. The second kappa shape index (κ2) is 7.80. The number of rotatable bonds is 9. The Kier molecular flexibility index (Phi) is 6.06. The molecule has 0 spiro atoms. The van der Waals surface area contributed by atoms with E-state index >= 15 is 0 Å². The average Bonchev–Trinajstić information content (AvgIpc) is 3.25. The maximum atomic E-state index is 3.62. The van der Waals surface area contributed by atoms with Gasteiger partial charge >= 0.3 is 0 Å². The molecule has 0 amide bonds. The molecule has 1 aliphatic rings. The third kappa shape index (κ3) is 4.92. The van der Waals surface area contributed by atoms with Gasteiger partial charge in [0, 0.05) is 18.6 Å². The summed E-state index contributed by atoms with van der Waals surface area (Å²) in [5.74, 6) is 0. The summed E-state index contributed by atoms with van der Waals surface area (Å²) in [7, 11) is 2.25. The Balaban J connectivity index is 1.88. The highest BCUT2D eigenvalue weighted by Crippen LogP contribution is 2.19. The van der Waals surface area contributed by atoms with Crippen LogP contribution in [0.25, 0.3) is 0 Å².